The molecule has 0 aliphatic heterocycles. The molecule has 1 aromatic carbocycles. The number of hydrogen-bond donors (Lipinski definition) is 2. The number of fused-ring (bicyclic) bond motifs is 1. The van der Waals surface area contributed by atoms with Crippen LogP contribution in [0.15, 0.2) is 30.5 Å². The monoisotopic (exact) mass is 274 g/mol. The van der Waals surface area contributed by atoms with E-state index in [1.165, 1.54) is 6.20 Å². The molecule has 2 heterocycles. The molecule has 7 heteroatoms. The Hall–Kier alpha value is -2.70. The highest BCUT2D eigenvalue weighted by atomic mass is 19.1. The van der Waals surface area contributed by atoms with Crippen molar-refractivity contribution in [1.29, 1.82) is 0 Å². The molecule has 0 unspecified atom stereocenters. The highest BCUT2D eigenvalue weighted by Crippen LogP contribution is 2.30. The summed E-state index contributed by atoms with van der Waals surface area (Å²) in [5, 5.41) is 18.9. The summed E-state index contributed by atoms with van der Waals surface area (Å²) < 4.78 is 14.4. The summed E-state index contributed by atoms with van der Waals surface area (Å²) in [6, 6.07) is 6.74. The van der Waals surface area contributed by atoms with E-state index >= 15 is 0 Å². The summed E-state index contributed by atoms with van der Waals surface area (Å²) in [4.78, 5) is 11.5. The minimum absolute atomic E-state index is 0.107. The predicted octanol–water partition coefficient (Wildman–Crippen LogP) is 1.87. The Labute approximate surface area is 113 Å². The fourth-order valence-electron chi connectivity index (χ4n) is 2.11. The van der Waals surface area contributed by atoms with E-state index in [0.717, 1.165) is 5.52 Å². The van der Waals surface area contributed by atoms with Crippen molar-refractivity contribution in [1.82, 2.24) is 19.5 Å². The lowest BCUT2D eigenvalue weighted by molar-refractivity contribution is 0.398. The molecule has 3 rings (SSSR count). The Balaban J connectivity index is 2.26. The number of aromatic hydroxyl groups is 2. The zero-order chi connectivity index (χ0) is 14.1. The van der Waals surface area contributed by atoms with Crippen LogP contribution in [0.4, 0.5) is 4.39 Å². The average Bonchev–Trinajstić information content (AvgIpc) is 2.78. The number of halogens is 1. The van der Waals surface area contributed by atoms with E-state index < -0.39 is 18.6 Å². The number of benzene rings is 1. The molecule has 3 aromatic rings. The van der Waals surface area contributed by atoms with E-state index in [1.54, 1.807) is 10.6 Å². The second-order valence-corrected chi connectivity index (χ2v) is 4.17. The maximum atomic E-state index is 12.8. The molecular formula is C13H11FN4O2. The molecule has 0 spiro atoms. The van der Waals surface area contributed by atoms with Crippen molar-refractivity contribution in [3.63, 3.8) is 0 Å². The molecule has 102 valence electrons. The van der Waals surface area contributed by atoms with Gasteiger partial charge in [-0.2, -0.15) is 4.98 Å². The van der Waals surface area contributed by atoms with Crippen molar-refractivity contribution in [3.8, 4) is 23.3 Å². The second kappa shape index (κ2) is 4.76. The van der Waals surface area contributed by atoms with Gasteiger partial charge in [-0.1, -0.05) is 12.1 Å². The first kappa shape index (κ1) is 12.3. The number of hydrogen-bond acceptors (Lipinski definition) is 5. The lowest BCUT2D eigenvalue weighted by atomic mass is 10.3. The number of rotatable bonds is 3. The van der Waals surface area contributed by atoms with Gasteiger partial charge < -0.3 is 14.8 Å². The van der Waals surface area contributed by atoms with E-state index in [-0.39, 0.29) is 12.1 Å². The van der Waals surface area contributed by atoms with Crippen LogP contribution in [0.25, 0.3) is 22.4 Å². The zero-order valence-corrected chi connectivity index (χ0v) is 10.4. The fourth-order valence-corrected chi connectivity index (χ4v) is 2.11. The largest absolute Gasteiger partial charge is 0.493 e. The minimum atomic E-state index is -0.562. The molecule has 0 fully saturated rings. The highest BCUT2D eigenvalue weighted by molar-refractivity contribution is 5.81. The van der Waals surface area contributed by atoms with E-state index in [4.69, 9.17) is 5.11 Å². The summed E-state index contributed by atoms with van der Waals surface area (Å²) >= 11 is 0. The standard InChI is InChI=1S/C13H11FN4O2/c14-5-6-18-10-4-2-1-3-9(10)16-11(18)8-7-15-13(20)17-12(8)19/h1-4,7H,5-6H2,(H2,15,17,19,20). The Morgan fingerprint density at radius 2 is 1.95 bits per heavy atom. The van der Waals surface area contributed by atoms with Gasteiger partial charge in [-0.15, -0.1) is 0 Å². The summed E-state index contributed by atoms with van der Waals surface area (Å²) in [5.74, 6) is -0.0331. The van der Waals surface area contributed by atoms with Gasteiger partial charge in [-0.3, -0.25) is 0 Å². The van der Waals surface area contributed by atoms with Crippen LogP contribution < -0.4 is 0 Å². The molecule has 6 nitrogen and oxygen atoms in total. The highest BCUT2D eigenvalue weighted by Gasteiger charge is 2.17. The van der Waals surface area contributed by atoms with Crippen LogP contribution in [0, 0.1) is 0 Å². The van der Waals surface area contributed by atoms with Gasteiger partial charge in [0.1, 0.15) is 12.5 Å². The molecule has 2 aromatic heterocycles. The zero-order valence-electron chi connectivity index (χ0n) is 10.4. The van der Waals surface area contributed by atoms with Gasteiger partial charge in [0, 0.05) is 6.20 Å². The van der Waals surface area contributed by atoms with Gasteiger partial charge in [0.2, 0.25) is 5.88 Å². The third-order valence-corrected chi connectivity index (χ3v) is 2.96. The molecule has 0 saturated carbocycles. The lowest BCUT2D eigenvalue weighted by Crippen LogP contribution is -2.03. The van der Waals surface area contributed by atoms with Crippen molar-refractivity contribution in [2.24, 2.45) is 0 Å². The van der Waals surface area contributed by atoms with E-state index in [1.807, 2.05) is 18.2 Å². The smallest absolute Gasteiger partial charge is 0.317 e. The molecule has 0 amide bonds. The quantitative estimate of drug-likeness (QED) is 0.761. The molecule has 0 aliphatic rings. The number of alkyl halides is 1. The van der Waals surface area contributed by atoms with Crippen LogP contribution in [0.2, 0.25) is 0 Å². The van der Waals surface area contributed by atoms with Crippen molar-refractivity contribution >= 4 is 11.0 Å². The van der Waals surface area contributed by atoms with E-state index in [2.05, 4.69) is 15.0 Å². The summed E-state index contributed by atoms with van der Waals surface area (Å²) in [7, 11) is 0. The van der Waals surface area contributed by atoms with Gasteiger partial charge in [0.05, 0.1) is 23.1 Å². The fraction of sp³-hybridized carbons (Fsp3) is 0.154. The Morgan fingerprint density at radius 1 is 1.15 bits per heavy atom. The molecule has 2 N–H and O–H groups in total. The van der Waals surface area contributed by atoms with Gasteiger partial charge in [-0.25, -0.2) is 14.4 Å². The maximum absolute atomic E-state index is 12.8. The van der Waals surface area contributed by atoms with E-state index in [0.29, 0.717) is 11.3 Å². The first-order valence-electron chi connectivity index (χ1n) is 5.97. The average molecular weight is 274 g/mol. The summed E-state index contributed by atoms with van der Waals surface area (Å²) in [6.07, 6.45) is 1.26. The van der Waals surface area contributed by atoms with Crippen LogP contribution in [-0.2, 0) is 6.54 Å². The molecule has 0 atom stereocenters. The van der Waals surface area contributed by atoms with Crippen molar-refractivity contribution in [2.75, 3.05) is 6.67 Å². The number of aromatic nitrogens is 4. The van der Waals surface area contributed by atoms with E-state index in [9.17, 15) is 9.50 Å². The summed E-state index contributed by atoms with van der Waals surface area (Å²) in [5.41, 5.74) is 1.68. The first-order valence-corrected chi connectivity index (χ1v) is 5.97. The van der Waals surface area contributed by atoms with Crippen molar-refractivity contribution < 1.29 is 14.6 Å². The van der Waals surface area contributed by atoms with Crippen LogP contribution >= 0.6 is 0 Å². The topological polar surface area (TPSA) is 84.1 Å². The number of nitrogens with zero attached hydrogens (tertiary/aromatic N) is 4. The third kappa shape index (κ3) is 1.93. The molecule has 0 aliphatic carbocycles. The number of imidazole rings is 1. The molecule has 20 heavy (non-hydrogen) atoms. The molecule has 0 bridgehead atoms. The molecule has 0 saturated heterocycles. The Morgan fingerprint density at radius 3 is 2.70 bits per heavy atom. The van der Waals surface area contributed by atoms with Crippen LogP contribution in [0.1, 0.15) is 0 Å². The van der Waals surface area contributed by atoms with Gasteiger partial charge >= 0.3 is 6.01 Å². The molecule has 0 radical (unpaired) electrons. The van der Waals surface area contributed by atoms with Crippen LogP contribution in [0.3, 0.4) is 0 Å². The summed E-state index contributed by atoms with van der Waals surface area (Å²) in [6.45, 7) is -0.455. The van der Waals surface area contributed by atoms with Gasteiger partial charge in [-0.05, 0) is 12.1 Å². The molecular weight excluding hydrogens is 263 g/mol. The normalized spacial score (nSPS) is 11.1. The number of aryl methyl sites for hydroxylation is 1. The van der Waals surface area contributed by atoms with Crippen LogP contribution in [0.5, 0.6) is 11.9 Å². The SMILES string of the molecule is Oc1ncc(-c2nc3ccccc3n2CCF)c(O)n1. The minimum Gasteiger partial charge on any atom is -0.493 e. The second-order valence-electron chi connectivity index (χ2n) is 4.17. The predicted molar refractivity (Wildman–Crippen MR) is 70.1 cm³/mol. The van der Waals surface area contributed by atoms with Gasteiger partial charge in [0.15, 0.2) is 0 Å². The van der Waals surface area contributed by atoms with Crippen molar-refractivity contribution in [2.45, 2.75) is 6.54 Å². The van der Waals surface area contributed by atoms with Crippen LogP contribution in [-0.4, -0.2) is 36.4 Å². The van der Waals surface area contributed by atoms with Crippen molar-refractivity contribution in [3.05, 3.63) is 30.5 Å². The Bertz CT molecular complexity index is 772. The lowest BCUT2D eigenvalue weighted by Gasteiger charge is -2.07. The maximum Gasteiger partial charge on any atom is 0.317 e. The number of para-hydroxylation sites is 2. The first-order chi connectivity index (χ1) is 9.70. The van der Waals surface area contributed by atoms with Gasteiger partial charge in [0.25, 0.3) is 0 Å². The Kier molecular flexibility index (Phi) is 2.94. The third-order valence-electron chi connectivity index (χ3n) is 2.96.